The minimum Gasteiger partial charge on any atom is -0.381 e. The Morgan fingerprint density at radius 1 is 1.44 bits per heavy atom. The molecule has 1 aliphatic rings. The fraction of sp³-hybridized carbons (Fsp3) is 0.917. The molecule has 0 N–H and O–H groups in total. The molecule has 1 rings (SSSR count). The van der Waals surface area contributed by atoms with Crippen LogP contribution in [0.1, 0.15) is 19.8 Å². The standard InChI is InChI=1S/C12H23NO3/c1-3-15-9-6-13(2)10-12(11-14)4-7-16-8-5-12/h11H,3-10H2,1-2H3. The van der Waals surface area contributed by atoms with Crippen LogP contribution < -0.4 is 0 Å². The summed E-state index contributed by atoms with van der Waals surface area (Å²) in [5.74, 6) is 0. The molecule has 0 spiro atoms. The first-order chi connectivity index (χ1) is 7.72. The Labute approximate surface area is 97.9 Å². The maximum atomic E-state index is 11.2. The highest BCUT2D eigenvalue weighted by Crippen LogP contribution is 2.28. The van der Waals surface area contributed by atoms with Crippen molar-refractivity contribution in [3.8, 4) is 0 Å². The molecule has 0 saturated carbocycles. The van der Waals surface area contributed by atoms with Gasteiger partial charge in [-0.15, -0.1) is 0 Å². The molecule has 4 nitrogen and oxygen atoms in total. The van der Waals surface area contributed by atoms with Gasteiger partial charge in [-0.1, -0.05) is 0 Å². The van der Waals surface area contributed by atoms with E-state index < -0.39 is 0 Å². The smallest absolute Gasteiger partial charge is 0.127 e. The van der Waals surface area contributed by atoms with Gasteiger partial charge in [-0.05, 0) is 26.8 Å². The van der Waals surface area contributed by atoms with Crippen LogP contribution in [-0.4, -0.2) is 57.8 Å². The number of carbonyl (C=O) groups is 1. The molecule has 0 bridgehead atoms. The Hall–Kier alpha value is -0.450. The maximum absolute atomic E-state index is 11.2. The topological polar surface area (TPSA) is 38.8 Å². The molecule has 0 aromatic carbocycles. The minimum atomic E-state index is -0.195. The van der Waals surface area contributed by atoms with Crippen molar-refractivity contribution in [2.75, 3.05) is 46.6 Å². The molecule has 0 aromatic rings. The molecule has 0 radical (unpaired) electrons. The van der Waals surface area contributed by atoms with Crippen molar-refractivity contribution in [1.82, 2.24) is 4.90 Å². The summed E-state index contributed by atoms with van der Waals surface area (Å²) >= 11 is 0. The van der Waals surface area contributed by atoms with Crippen molar-refractivity contribution in [3.05, 3.63) is 0 Å². The summed E-state index contributed by atoms with van der Waals surface area (Å²) < 4.78 is 10.6. The van der Waals surface area contributed by atoms with Crippen molar-refractivity contribution in [2.45, 2.75) is 19.8 Å². The lowest BCUT2D eigenvalue weighted by molar-refractivity contribution is -0.122. The molecule has 4 heteroatoms. The summed E-state index contributed by atoms with van der Waals surface area (Å²) in [5, 5.41) is 0. The third-order valence-electron chi connectivity index (χ3n) is 3.14. The van der Waals surface area contributed by atoms with Crippen LogP contribution in [-0.2, 0) is 14.3 Å². The van der Waals surface area contributed by atoms with Crippen molar-refractivity contribution in [3.63, 3.8) is 0 Å². The average molecular weight is 229 g/mol. The lowest BCUT2D eigenvalue weighted by Crippen LogP contribution is -2.42. The fourth-order valence-electron chi connectivity index (χ4n) is 2.07. The third kappa shape index (κ3) is 4.20. The first kappa shape index (κ1) is 13.6. The highest BCUT2D eigenvalue weighted by Gasteiger charge is 2.33. The van der Waals surface area contributed by atoms with Crippen LogP contribution in [0.4, 0.5) is 0 Å². The number of hydrogen-bond donors (Lipinski definition) is 0. The predicted octanol–water partition coefficient (Wildman–Crippen LogP) is 0.950. The number of hydrogen-bond acceptors (Lipinski definition) is 4. The van der Waals surface area contributed by atoms with Gasteiger partial charge in [0, 0.05) is 38.3 Å². The van der Waals surface area contributed by atoms with Gasteiger partial charge in [0.05, 0.1) is 6.61 Å². The van der Waals surface area contributed by atoms with E-state index in [9.17, 15) is 4.79 Å². The molecule has 1 fully saturated rings. The summed E-state index contributed by atoms with van der Waals surface area (Å²) in [6.07, 6.45) is 2.80. The summed E-state index contributed by atoms with van der Waals surface area (Å²) in [7, 11) is 2.04. The van der Waals surface area contributed by atoms with Crippen LogP contribution in [0.5, 0.6) is 0 Å². The van der Waals surface area contributed by atoms with Crippen molar-refractivity contribution in [2.24, 2.45) is 5.41 Å². The molecule has 0 unspecified atom stereocenters. The lowest BCUT2D eigenvalue weighted by atomic mass is 9.81. The van der Waals surface area contributed by atoms with Gasteiger partial charge in [-0.3, -0.25) is 0 Å². The number of ether oxygens (including phenoxy) is 2. The highest BCUT2D eigenvalue weighted by molar-refractivity contribution is 5.60. The monoisotopic (exact) mass is 229 g/mol. The number of carbonyl (C=O) groups excluding carboxylic acids is 1. The van der Waals surface area contributed by atoms with Gasteiger partial charge >= 0.3 is 0 Å². The molecule has 0 aromatic heterocycles. The van der Waals surface area contributed by atoms with Gasteiger partial charge in [0.15, 0.2) is 0 Å². The molecule has 1 saturated heterocycles. The molecule has 16 heavy (non-hydrogen) atoms. The van der Waals surface area contributed by atoms with Gasteiger partial charge in [-0.2, -0.15) is 0 Å². The number of aldehydes is 1. The largest absolute Gasteiger partial charge is 0.381 e. The summed E-state index contributed by atoms with van der Waals surface area (Å²) in [4.78, 5) is 13.4. The van der Waals surface area contributed by atoms with E-state index in [0.717, 1.165) is 45.4 Å². The van der Waals surface area contributed by atoms with E-state index in [0.29, 0.717) is 13.2 Å². The van der Waals surface area contributed by atoms with E-state index in [1.165, 1.54) is 0 Å². The average Bonchev–Trinajstić information content (AvgIpc) is 2.30. The molecule has 0 atom stereocenters. The van der Waals surface area contributed by atoms with Gasteiger partial charge in [0.1, 0.15) is 6.29 Å². The molecule has 0 amide bonds. The zero-order chi connectivity index (χ0) is 11.9. The third-order valence-corrected chi connectivity index (χ3v) is 3.14. The second kappa shape index (κ2) is 6.99. The second-order valence-electron chi connectivity index (χ2n) is 4.53. The van der Waals surface area contributed by atoms with Crippen molar-refractivity contribution >= 4 is 6.29 Å². The molecule has 1 heterocycles. The van der Waals surface area contributed by atoms with Gasteiger partial charge < -0.3 is 19.2 Å². The Bertz CT molecular complexity index is 202. The zero-order valence-electron chi connectivity index (χ0n) is 10.4. The van der Waals surface area contributed by atoms with E-state index >= 15 is 0 Å². The molecular weight excluding hydrogens is 206 g/mol. The van der Waals surface area contributed by atoms with E-state index in [2.05, 4.69) is 4.90 Å². The first-order valence-electron chi connectivity index (χ1n) is 6.03. The van der Waals surface area contributed by atoms with E-state index in [1.807, 2.05) is 14.0 Å². The van der Waals surface area contributed by atoms with E-state index in [4.69, 9.17) is 9.47 Å². The predicted molar refractivity (Wildman–Crippen MR) is 62.5 cm³/mol. The van der Waals surface area contributed by atoms with E-state index in [-0.39, 0.29) is 5.41 Å². The maximum Gasteiger partial charge on any atom is 0.127 e. The number of nitrogens with zero attached hydrogens (tertiary/aromatic N) is 1. The second-order valence-corrected chi connectivity index (χ2v) is 4.53. The highest BCUT2D eigenvalue weighted by atomic mass is 16.5. The van der Waals surface area contributed by atoms with Crippen LogP contribution in [0.2, 0.25) is 0 Å². The van der Waals surface area contributed by atoms with Gasteiger partial charge in [-0.25, -0.2) is 0 Å². The number of rotatable bonds is 7. The van der Waals surface area contributed by atoms with Crippen LogP contribution in [0.3, 0.4) is 0 Å². The Kier molecular flexibility index (Phi) is 5.95. The van der Waals surface area contributed by atoms with Crippen molar-refractivity contribution in [1.29, 1.82) is 0 Å². The van der Waals surface area contributed by atoms with Crippen LogP contribution in [0, 0.1) is 5.41 Å². The molecule has 1 aliphatic heterocycles. The molecular formula is C12H23NO3. The van der Waals surface area contributed by atoms with Gasteiger partial charge in [0.2, 0.25) is 0 Å². The summed E-state index contributed by atoms with van der Waals surface area (Å²) in [5.41, 5.74) is -0.195. The Balaban J connectivity index is 2.33. The minimum absolute atomic E-state index is 0.195. The fourth-order valence-corrected chi connectivity index (χ4v) is 2.07. The molecule has 0 aliphatic carbocycles. The lowest BCUT2D eigenvalue weighted by Gasteiger charge is -2.35. The zero-order valence-corrected chi connectivity index (χ0v) is 10.4. The normalized spacial score (nSPS) is 19.9. The summed E-state index contributed by atoms with van der Waals surface area (Å²) in [6.45, 7) is 6.58. The van der Waals surface area contributed by atoms with Crippen LogP contribution >= 0.6 is 0 Å². The SMILES string of the molecule is CCOCCN(C)CC1(C=O)CCOCC1. The van der Waals surface area contributed by atoms with Crippen LogP contribution in [0.25, 0.3) is 0 Å². The number of likely N-dealkylation sites (N-methyl/N-ethyl adjacent to an activating group) is 1. The molecule has 94 valence electrons. The quantitative estimate of drug-likeness (QED) is 0.481. The first-order valence-corrected chi connectivity index (χ1v) is 6.03. The Morgan fingerprint density at radius 2 is 2.12 bits per heavy atom. The van der Waals surface area contributed by atoms with Crippen molar-refractivity contribution < 1.29 is 14.3 Å². The van der Waals surface area contributed by atoms with Gasteiger partial charge in [0.25, 0.3) is 0 Å². The Morgan fingerprint density at radius 3 is 2.69 bits per heavy atom. The summed E-state index contributed by atoms with van der Waals surface area (Å²) in [6, 6.07) is 0. The van der Waals surface area contributed by atoms with Crippen LogP contribution in [0.15, 0.2) is 0 Å². The van der Waals surface area contributed by atoms with E-state index in [1.54, 1.807) is 0 Å².